The number of carbonyl (C=O) groups is 2. The molecular formula is C31H31NO4. The maximum absolute atomic E-state index is 13.4. The molecule has 0 aromatic heterocycles. The number of amides is 1. The van der Waals surface area contributed by atoms with E-state index in [1.807, 2.05) is 49.1 Å². The Morgan fingerprint density at radius 1 is 0.889 bits per heavy atom. The van der Waals surface area contributed by atoms with Crippen LogP contribution in [0.1, 0.15) is 51.4 Å². The fourth-order valence-electron chi connectivity index (χ4n) is 6.32. The molecule has 3 aromatic carbocycles. The maximum Gasteiger partial charge on any atom is 0.410 e. The molecule has 0 radical (unpaired) electrons. The number of ketones is 1. The third-order valence-electron chi connectivity index (χ3n) is 8.10. The van der Waals surface area contributed by atoms with Crippen molar-refractivity contribution >= 4 is 11.9 Å². The highest BCUT2D eigenvalue weighted by atomic mass is 16.6. The second-order valence-electron chi connectivity index (χ2n) is 10.4. The fourth-order valence-corrected chi connectivity index (χ4v) is 6.32. The standard InChI is InChI=1S/C31H31NO4/c1-19-11-12-20(2)28(13-19)30(33)21-14-22-16-35-17-23(15-21)32(22)31(34)36-18-29-26-9-5-3-7-24(26)25-8-4-6-10-27(25)29/h3-13,21-23,29H,14-18H2,1-2H3. The predicted octanol–water partition coefficient (Wildman–Crippen LogP) is 5.91. The number of ether oxygens (including phenoxy) is 2. The van der Waals surface area contributed by atoms with E-state index in [2.05, 4.69) is 36.4 Å². The van der Waals surface area contributed by atoms with Gasteiger partial charge in [0.25, 0.3) is 0 Å². The van der Waals surface area contributed by atoms with Gasteiger partial charge in [0.2, 0.25) is 0 Å². The van der Waals surface area contributed by atoms with Crippen molar-refractivity contribution in [2.45, 2.75) is 44.7 Å². The van der Waals surface area contributed by atoms with Crippen LogP contribution >= 0.6 is 0 Å². The lowest BCUT2D eigenvalue weighted by molar-refractivity contribution is -0.0747. The molecule has 2 unspecified atom stereocenters. The molecule has 6 rings (SSSR count). The summed E-state index contributed by atoms with van der Waals surface area (Å²) < 4.78 is 11.8. The molecule has 36 heavy (non-hydrogen) atoms. The van der Waals surface area contributed by atoms with Gasteiger partial charge >= 0.3 is 6.09 Å². The Morgan fingerprint density at radius 2 is 1.50 bits per heavy atom. The maximum atomic E-state index is 13.4. The molecule has 2 atom stereocenters. The number of Topliss-reactive ketones (excluding diaryl/α,β-unsaturated/α-hetero) is 1. The van der Waals surface area contributed by atoms with E-state index in [1.165, 1.54) is 22.3 Å². The van der Waals surface area contributed by atoms with Gasteiger partial charge in [-0.05, 0) is 60.6 Å². The van der Waals surface area contributed by atoms with Crippen LogP contribution in [-0.2, 0) is 9.47 Å². The van der Waals surface area contributed by atoms with E-state index in [1.54, 1.807) is 0 Å². The summed E-state index contributed by atoms with van der Waals surface area (Å²) in [5, 5.41) is 0. The normalized spacial score (nSPS) is 22.6. The minimum Gasteiger partial charge on any atom is -0.448 e. The monoisotopic (exact) mass is 481 g/mol. The summed E-state index contributed by atoms with van der Waals surface area (Å²) in [5.41, 5.74) is 7.72. The van der Waals surface area contributed by atoms with Gasteiger partial charge in [0.1, 0.15) is 6.61 Å². The van der Waals surface area contributed by atoms with E-state index in [9.17, 15) is 9.59 Å². The molecule has 3 aromatic rings. The number of fused-ring (bicyclic) bond motifs is 5. The smallest absolute Gasteiger partial charge is 0.410 e. The van der Waals surface area contributed by atoms with Gasteiger partial charge in [-0.2, -0.15) is 0 Å². The van der Waals surface area contributed by atoms with Crippen LogP contribution in [-0.4, -0.2) is 48.7 Å². The Kier molecular flexibility index (Phi) is 5.88. The summed E-state index contributed by atoms with van der Waals surface area (Å²) in [7, 11) is 0. The summed E-state index contributed by atoms with van der Waals surface area (Å²) >= 11 is 0. The van der Waals surface area contributed by atoms with E-state index in [0.717, 1.165) is 16.7 Å². The Hall–Kier alpha value is -3.44. The molecule has 2 heterocycles. The van der Waals surface area contributed by atoms with Crippen molar-refractivity contribution in [2.24, 2.45) is 5.92 Å². The van der Waals surface area contributed by atoms with Crippen molar-refractivity contribution in [1.29, 1.82) is 0 Å². The van der Waals surface area contributed by atoms with E-state index < -0.39 is 0 Å². The van der Waals surface area contributed by atoms with Crippen LogP contribution in [0, 0.1) is 19.8 Å². The first-order valence-corrected chi connectivity index (χ1v) is 12.8. The number of carbonyl (C=O) groups excluding carboxylic acids is 2. The van der Waals surface area contributed by atoms with Gasteiger partial charge in [0, 0.05) is 17.4 Å². The molecule has 2 bridgehead atoms. The van der Waals surface area contributed by atoms with Crippen molar-refractivity contribution in [3.63, 3.8) is 0 Å². The highest BCUT2D eigenvalue weighted by Gasteiger charge is 2.45. The molecule has 1 amide bonds. The summed E-state index contributed by atoms with van der Waals surface area (Å²) in [6.45, 7) is 5.18. The van der Waals surface area contributed by atoms with Crippen LogP contribution < -0.4 is 0 Å². The summed E-state index contributed by atoms with van der Waals surface area (Å²) in [6.07, 6.45) is 0.910. The van der Waals surface area contributed by atoms with Crippen molar-refractivity contribution in [3.8, 4) is 11.1 Å². The topological polar surface area (TPSA) is 55.8 Å². The van der Waals surface area contributed by atoms with E-state index in [0.29, 0.717) is 32.7 Å². The fraction of sp³-hybridized carbons (Fsp3) is 0.355. The van der Waals surface area contributed by atoms with Crippen LogP contribution in [0.3, 0.4) is 0 Å². The molecule has 2 saturated heterocycles. The van der Waals surface area contributed by atoms with Crippen LogP contribution in [0.5, 0.6) is 0 Å². The van der Waals surface area contributed by atoms with Gasteiger partial charge in [0.05, 0.1) is 25.3 Å². The highest BCUT2D eigenvalue weighted by molar-refractivity contribution is 5.99. The van der Waals surface area contributed by atoms with Crippen molar-refractivity contribution in [2.75, 3.05) is 19.8 Å². The van der Waals surface area contributed by atoms with Gasteiger partial charge in [-0.1, -0.05) is 66.2 Å². The quantitative estimate of drug-likeness (QED) is 0.435. The molecule has 3 aliphatic rings. The van der Waals surface area contributed by atoms with Gasteiger partial charge in [0.15, 0.2) is 5.78 Å². The SMILES string of the molecule is Cc1ccc(C)c(C(=O)C2CC3COCC(C2)N3C(=O)OCC2c3ccccc3-c3ccccc32)c1. The van der Waals surface area contributed by atoms with Gasteiger partial charge in [-0.3, -0.25) is 9.69 Å². The molecule has 0 N–H and O–H groups in total. The number of benzene rings is 3. The molecule has 0 saturated carbocycles. The predicted molar refractivity (Wildman–Crippen MR) is 138 cm³/mol. The zero-order valence-corrected chi connectivity index (χ0v) is 20.8. The highest BCUT2D eigenvalue weighted by Crippen LogP contribution is 2.44. The second-order valence-corrected chi connectivity index (χ2v) is 10.4. The molecule has 0 spiro atoms. The average Bonchev–Trinajstić information content (AvgIpc) is 3.21. The van der Waals surface area contributed by atoms with Crippen molar-refractivity contribution in [3.05, 3.63) is 94.5 Å². The number of morpholine rings is 1. The molecule has 1 aliphatic carbocycles. The summed E-state index contributed by atoms with van der Waals surface area (Å²) in [6, 6.07) is 22.4. The lowest BCUT2D eigenvalue weighted by Crippen LogP contribution is -2.60. The molecule has 2 fully saturated rings. The van der Waals surface area contributed by atoms with Crippen LogP contribution in [0.15, 0.2) is 66.7 Å². The lowest BCUT2D eigenvalue weighted by atomic mass is 9.80. The Bertz CT molecular complexity index is 1270. The van der Waals surface area contributed by atoms with E-state index in [4.69, 9.17) is 9.47 Å². The largest absolute Gasteiger partial charge is 0.448 e. The number of aryl methyl sites for hydroxylation is 2. The number of hydrogen-bond acceptors (Lipinski definition) is 4. The first-order valence-electron chi connectivity index (χ1n) is 12.8. The molecule has 184 valence electrons. The van der Waals surface area contributed by atoms with Crippen molar-refractivity contribution < 1.29 is 19.1 Å². The van der Waals surface area contributed by atoms with Crippen LogP contribution in [0.2, 0.25) is 0 Å². The van der Waals surface area contributed by atoms with Crippen LogP contribution in [0.4, 0.5) is 4.79 Å². The molecule has 2 aliphatic heterocycles. The molecule has 5 nitrogen and oxygen atoms in total. The van der Waals surface area contributed by atoms with Crippen LogP contribution in [0.25, 0.3) is 11.1 Å². The summed E-state index contributed by atoms with van der Waals surface area (Å²) in [4.78, 5) is 28.7. The van der Waals surface area contributed by atoms with Crippen molar-refractivity contribution in [1.82, 2.24) is 4.90 Å². The molecular weight excluding hydrogens is 450 g/mol. The molecule has 5 heteroatoms. The van der Waals surface area contributed by atoms with Gasteiger partial charge in [-0.25, -0.2) is 4.79 Å². The van der Waals surface area contributed by atoms with E-state index in [-0.39, 0.29) is 35.8 Å². The third kappa shape index (κ3) is 3.92. The van der Waals surface area contributed by atoms with E-state index >= 15 is 0 Å². The Labute approximate surface area is 212 Å². The van der Waals surface area contributed by atoms with Gasteiger partial charge < -0.3 is 9.47 Å². The minimum absolute atomic E-state index is 0.0286. The summed E-state index contributed by atoms with van der Waals surface area (Å²) in [5.74, 6) is 0.100. The number of hydrogen-bond donors (Lipinski definition) is 0. The Balaban J connectivity index is 1.17. The first kappa shape index (κ1) is 23.0. The average molecular weight is 482 g/mol. The second kappa shape index (κ2) is 9.21. The number of nitrogens with zero attached hydrogens (tertiary/aromatic N) is 1. The first-order chi connectivity index (χ1) is 17.5. The minimum atomic E-state index is -0.298. The zero-order chi connectivity index (χ0) is 24.8. The Morgan fingerprint density at radius 3 is 2.14 bits per heavy atom. The number of piperidine rings is 1. The zero-order valence-electron chi connectivity index (χ0n) is 20.8. The number of rotatable bonds is 4. The van der Waals surface area contributed by atoms with Gasteiger partial charge in [-0.15, -0.1) is 0 Å². The third-order valence-corrected chi connectivity index (χ3v) is 8.10. The lowest BCUT2D eigenvalue weighted by Gasteiger charge is -2.47.